The van der Waals surface area contributed by atoms with Crippen molar-refractivity contribution >= 4 is 7.85 Å². The lowest BCUT2D eigenvalue weighted by molar-refractivity contribution is 0.00253. The fourth-order valence-corrected chi connectivity index (χ4v) is 2.02. The van der Waals surface area contributed by atoms with Crippen LogP contribution in [0.4, 0.5) is 0 Å². The third kappa shape index (κ3) is 2.24. The summed E-state index contributed by atoms with van der Waals surface area (Å²) in [5.41, 5.74) is 0. The molecule has 1 unspecified atom stereocenters. The summed E-state index contributed by atoms with van der Waals surface area (Å²) < 4.78 is 10.9. The number of hydrogen-bond acceptors (Lipinski definition) is 2. The maximum Gasteiger partial charge on any atom is 0.139 e. The van der Waals surface area contributed by atoms with Crippen molar-refractivity contribution in [3.05, 3.63) is 0 Å². The molecular weight excluding hydrogens is 151 g/mol. The Morgan fingerprint density at radius 3 is 2.75 bits per heavy atom. The molecule has 0 aromatic heterocycles. The van der Waals surface area contributed by atoms with Gasteiger partial charge in [0, 0.05) is 13.1 Å². The van der Waals surface area contributed by atoms with Crippen LogP contribution in [-0.4, -0.2) is 33.7 Å². The summed E-state index contributed by atoms with van der Waals surface area (Å²) in [4.78, 5) is 0. The molecule has 0 aromatic carbocycles. The van der Waals surface area contributed by atoms with Crippen molar-refractivity contribution in [2.24, 2.45) is 11.8 Å². The molecule has 1 heterocycles. The van der Waals surface area contributed by atoms with E-state index in [1.54, 1.807) is 7.11 Å². The Kier molecular flexibility index (Phi) is 3.60. The van der Waals surface area contributed by atoms with E-state index in [2.05, 4.69) is 21.7 Å². The normalized spacial score (nSPS) is 36.2. The predicted octanol–water partition coefficient (Wildman–Crippen LogP) is 0.653. The van der Waals surface area contributed by atoms with Gasteiger partial charge < -0.3 is 9.47 Å². The van der Waals surface area contributed by atoms with Crippen molar-refractivity contribution < 1.29 is 9.47 Å². The maximum atomic E-state index is 5.75. The molecule has 0 saturated carbocycles. The van der Waals surface area contributed by atoms with Gasteiger partial charge in [-0.2, -0.15) is 0 Å². The van der Waals surface area contributed by atoms with Crippen LogP contribution in [0.15, 0.2) is 0 Å². The molecule has 0 aromatic rings. The van der Waals surface area contributed by atoms with E-state index < -0.39 is 0 Å². The Labute approximate surface area is 76.0 Å². The molecule has 70 valence electrons. The van der Waals surface area contributed by atoms with Crippen molar-refractivity contribution in [1.29, 1.82) is 0 Å². The molecule has 0 amide bonds. The Balaban J connectivity index is 2.47. The summed E-state index contributed by atoms with van der Waals surface area (Å²) in [6.45, 7) is 5.26. The monoisotopic (exact) mass is 170 g/mol. The minimum absolute atomic E-state index is 0.324. The Morgan fingerprint density at radius 2 is 2.25 bits per heavy atom. The third-order valence-electron chi connectivity index (χ3n) is 2.68. The summed E-state index contributed by atoms with van der Waals surface area (Å²) in [5, 5.41) is 0. The van der Waals surface area contributed by atoms with E-state index in [-0.39, 0.29) is 0 Å². The minimum Gasteiger partial charge on any atom is -0.382 e. The zero-order valence-electron chi connectivity index (χ0n) is 8.54. The van der Waals surface area contributed by atoms with Gasteiger partial charge in [0.05, 0.1) is 12.7 Å². The topological polar surface area (TPSA) is 18.5 Å². The van der Waals surface area contributed by atoms with Gasteiger partial charge in [0.25, 0.3) is 0 Å². The highest BCUT2D eigenvalue weighted by Gasteiger charge is 2.34. The number of hydrogen-bond donors (Lipinski definition) is 0. The Bertz CT molecular complexity index is 138. The molecule has 1 saturated heterocycles. The van der Waals surface area contributed by atoms with Crippen LogP contribution in [0.1, 0.15) is 20.3 Å². The average Bonchev–Trinajstić information content (AvgIpc) is 2.32. The first-order valence-electron chi connectivity index (χ1n) is 4.79. The largest absolute Gasteiger partial charge is 0.382 e. The van der Waals surface area contributed by atoms with Crippen LogP contribution in [0.2, 0.25) is 0 Å². The lowest BCUT2D eigenvalue weighted by atomic mass is 9.84. The molecule has 1 aliphatic heterocycles. The van der Waals surface area contributed by atoms with Crippen LogP contribution >= 0.6 is 0 Å². The van der Waals surface area contributed by atoms with E-state index >= 15 is 0 Å². The predicted molar refractivity (Wildman–Crippen MR) is 52.0 cm³/mol. The molecule has 1 fully saturated rings. The Hall–Kier alpha value is -0.0151. The van der Waals surface area contributed by atoms with Gasteiger partial charge in [-0.3, -0.25) is 0 Å². The average molecular weight is 170 g/mol. The second kappa shape index (κ2) is 4.29. The molecule has 1 aliphatic rings. The van der Waals surface area contributed by atoms with Crippen molar-refractivity contribution in [3.63, 3.8) is 0 Å². The number of ether oxygens (including phenoxy) is 2. The van der Waals surface area contributed by atoms with Crippen LogP contribution in [0.3, 0.4) is 0 Å². The molecule has 1 rings (SSSR count). The third-order valence-corrected chi connectivity index (χ3v) is 2.68. The van der Waals surface area contributed by atoms with E-state index in [0.29, 0.717) is 23.9 Å². The van der Waals surface area contributed by atoms with Gasteiger partial charge in [-0.1, -0.05) is 13.8 Å². The van der Waals surface area contributed by atoms with Crippen molar-refractivity contribution in [2.45, 2.75) is 32.4 Å². The van der Waals surface area contributed by atoms with Gasteiger partial charge in [-0.05, 0) is 18.3 Å². The van der Waals surface area contributed by atoms with Crippen molar-refractivity contribution in [1.82, 2.24) is 0 Å². The molecule has 0 radical (unpaired) electrons. The van der Waals surface area contributed by atoms with Crippen LogP contribution in [0, 0.1) is 11.8 Å². The summed E-state index contributed by atoms with van der Waals surface area (Å²) in [6.07, 6.45) is 1.51. The van der Waals surface area contributed by atoms with E-state index in [0.717, 1.165) is 6.61 Å². The summed E-state index contributed by atoms with van der Waals surface area (Å²) in [7, 11) is 3.88. The van der Waals surface area contributed by atoms with Gasteiger partial charge in [0.1, 0.15) is 7.85 Å². The highest BCUT2D eigenvalue weighted by Crippen LogP contribution is 2.31. The molecular formula is C9H19BO2. The molecule has 0 bridgehead atoms. The highest BCUT2D eigenvalue weighted by molar-refractivity contribution is 6.11. The van der Waals surface area contributed by atoms with Gasteiger partial charge in [0.2, 0.25) is 0 Å². The van der Waals surface area contributed by atoms with Gasteiger partial charge in [-0.25, -0.2) is 0 Å². The molecule has 0 aliphatic carbocycles. The Morgan fingerprint density at radius 1 is 1.58 bits per heavy atom. The standard InChI is InChI=1S/C9H19BO2/c1-6(2)7-4-9(10)12-8(7)5-11-3/h6-9H,4-5,10H2,1-3H3/t7?,8-,9-/m1/s1. The SMILES string of the molecule is B[C@H]1CC(C(C)C)[C@@H](COC)O1. The summed E-state index contributed by atoms with van der Waals surface area (Å²) in [6, 6.07) is 0.414. The number of rotatable bonds is 3. The van der Waals surface area contributed by atoms with Crippen LogP contribution in [0.25, 0.3) is 0 Å². The molecule has 3 heteroatoms. The summed E-state index contributed by atoms with van der Waals surface area (Å²) >= 11 is 0. The first-order chi connectivity index (χ1) is 5.65. The molecule has 3 atom stereocenters. The fourth-order valence-electron chi connectivity index (χ4n) is 2.02. The molecule has 2 nitrogen and oxygen atoms in total. The lowest BCUT2D eigenvalue weighted by Gasteiger charge is -2.20. The first kappa shape index (κ1) is 10.1. The lowest BCUT2D eigenvalue weighted by Crippen LogP contribution is -2.25. The zero-order chi connectivity index (χ0) is 9.14. The zero-order valence-corrected chi connectivity index (χ0v) is 8.54. The van der Waals surface area contributed by atoms with Crippen molar-refractivity contribution in [2.75, 3.05) is 13.7 Å². The highest BCUT2D eigenvalue weighted by atomic mass is 16.5. The fraction of sp³-hybridized carbons (Fsp3) is 1.00. The first-order valence-corrected chi connectivity index (χ1v) is 4.79. The van der Waals surface area contributed by atoms with Gasteiger partial charge in [0.15, 0.2) is 0 Å². The van der Waals surface area contributed by atoms with Crippen LogP contribution < -0.4 is 0 Å². The maximum absolute atomic E-state index is 5.75. The second-order valence-electron chi connectivity index (χ2n) is 4.08. The molecule has 0 N–H and O–H groups in total. The van der Waals surface area contributed by atoms with E-state index in [1.165, 1.54) is 6.42 Å². The van der Waals surface area contributed by atoms with Gasteiger partial charge in [-0.15, -0.1) is 0 Å². The second-order valence-corrected chi connectivity index (χ2v) is 4.08. The van der Waals surface area contributed by atoms with Gasteiger partial charge >= 0.3 is 0 Å². The quantitative estimate of drug-likeness (QED) is 0.579. The molecule has 12 heavy (non-hydrogen) atoms. The van der Waals surface area contributed by atoms with E-state index in [9.17, 15) is 0 Å². The smallest absolute Gasteiger partial charge is 0.139 e. The molecule has 0 spiro atoms. The van der Waals surface area contributed by atoms with E-state index in [4.69, 9.17) is 9.47 Å². The number of methoxy groups -OCH3 is 1. The van der Waals surface area contributed by atoms with Crippen molar-refractivity contribution in [3.8, 4) is 0 Å². The minimum atomic E-state index is 0.324. The van der Waals surface area contributed by atoms with E-state index in [1.807, 2.05) is 0 Å². The summed E-state index contributed by atoms with van der Waals surface area (Å²) in [5.74, 6) is 1.38. The van der Waals surface area contributed by atoms with Crippen LogP contribution in [0.5, 0.6) is 0 Å². The van der Waals surface area contributed by atoms with Crippen LogP contribution in [-0.2, 0) is 9.47 Å².